The van der Waals surface area contributed by atoms with E-state index in [1.807, 2.05) is 31.2 Å². The summed E-state index contributed by atoms with van der Waals surface area (Å²) in [7, 11) is -3.59. The van der Waals surface area contributed by atoms with Gasteiger partial charge in [0.2, 0.25) is 21.8 Å². The van der Waals surface area contributed by atoms with Crippen LogP contribution < -0.4 is 15.4 Å². The second-order valence-electron chi connectivity index (χ2n) is 8.61. The highest BCUT2D eigenvalue weighted by atomic mass is 35.5. The maximum atomic E-state index is 12.6. The highest BCUT2D eigenvalue weighted by Gasteiger charge is 2.29. The van der Waals surface area contributed by atoms with E-state index in [2.05, 4.69) is 15.4 Å². The average Bonchev–Trinajstić information content (AvgIpc) is 2.80. The van der Waals surface area contributed by atoms with Gasteiger partial charge >= 0.3 is 0 Å². The molecule has 0 aliphatic heterocycles. The SMILES string of the molecule is Cc1ccc(NC(=O)[C@H](C)NC(=O)C2CCC(CNS(=O)(=O)c3ccc(Cl)cc3)CC2)cc1. The zero-order valence-electron chi connectivity index (χ0n) is 18.8. The topological polar surface area (TPSA) is 104 Å². The summed E-state index contributed by atoms with van der Waals surface area (Å²) in [5.41, 5.74) is 1.79. The van der Waals surface area contributed by atoms with Crippen LogP contribution in [0, 0.1) is 18.8 Å². The first kappa shape index (κ1) is 25.2. The van der Waals surface area contributed by atoms with Gasteiger partial charge < -0.3 is 10.6 Å². The number of halogens is 1. The number of rotatable bonds is 8. The maximum Gasteiger partial charge on any atom is 0.246 e. The minimum Gasteiger partial charge on any atom is -0.344 e. The number of benzene rings is 2. The van der Waals surface area contributed by atoms with Gasteiger partial charge in [0.25, 0.3) is 0 Å². The zero-order chi connectivity index (χ0) is 24.0. The Hall–Kier alpha value is -2.42. The zero-order valence-corrected chi connectivity index (χ0v) is 20.4. The second kappa shape index (κ2) is 11.1. The van der Waals surface area contributed by atoms with Crippen molar-refractivity contribution in [1.82, 2.24) is 10.0 Å². The highest BCUT2D eigenvalue weighted by molar-refractivity contribution is 7.89. The fraction of sp³-hybridized carbons (Fsp3) is 0.417. The van der Waals surface area contributed by atoms with Crippen LogP contribution in [0.5, 0.6) is 0 Å². The van der Waals surface area contributed by atoms with Crippen molar-refractivity contribution in [3.63, 3.8) is 0 Å². The Balaban J connectivity index is 1.42. The molecular formula is C24H30ClN3O4S. The van der Waals surface area contributed by atoms with E-state index in [4.69, 9.17) is 11.6 Å². The number of nitrogens with one attached hydrogen (secondary N) is 3. The third kappa shape index (κ3) is 7.28. The minimum absolute atomic E-state index is 0.137. The van der Waals surface area contributed by atoms with Gasteiger partial charge in [0.1, 0.15) is 6.04 Å². The summed E-state index contributed by atoms with van der Waals surface area (Å²) >= 11 is 5.82. The van der Waals surface area contributed by atoms with Crippen molar-refractivity contribution in [2.75, 3.05) is 11.9 Å². The van der Waals surface area contributed by atoms with Crippen molar-refractivity contribution in [2.24, 2.45) is 11.8 Å². The van der Waals surface area contributed by atoms with Crippen molar-refractivity contribution in [2.45, 2.75) is 50.5 Å². The Bertz CT molecular complexity index is 1060. The van der Waals surface area contributed by atoms with E-state index < -0.39 is 16.1 Å². The smallest absolute Gasteiger partial charge is 0.246 e. The monoisotopic (exact) mass is 491 g/mol. The Labute approximate surface area is 200 Å². The first-order valence-electron chi connectivity index (χ1n) is 11.1. The van der Waals surface area contributed by atoms with Crippen LogP contribution in [-0.2, 0) is 19.6 Å². The Morgan fingerprint density at radius 3 is 2.21 bits per heavy atom. The summed E-state index contributed by atoms with van der Waals surface area (Å²) < 4.78 is 27.5. The number of carbonyl (C=O) groups excluding carboxylic acids is 2. The molecule has 2 aromatic rings. The third-order valence-electron chi connectivity index (χ3n) is 5.97. The van der Waals surface area contributed by atoms with Crippen molar-refractivity contribution >= 4 is 39.1 Å². The van der Waals surface area contributed by atoms with Gasteiger partial charge in [-0.2, -0.15) is 0 Å². The fourth-order valence-electron chi connectivity index (χ4n) is 3.84. The van der Waals surface area contributed by atoms with Crippen LogP contribution in [-0.4, -0.2) is 32.8 Å². The van der Waals surface area contributed by atoms with E-state index in [9.17, 15) is 18.0 Å². The van der Waals surface area contributed by atoms with E-state index in [-0.39, 0.29) is 28.5 Å². The summed E-state index contributed by atoms with van der Waals surface area (Å²) in [5.74, 6) is -0.415. The van der Waals surface area contributed by atoms with E-state index >= 15 is 0 Å². The molecule has 1 saturated carbocycles. The average molecular weight is 492 g/mol. The molecule has 2 amide bonds. The molecule has 2 aromatic carbocycles. The minimum atomic E-state index is -3.59. The van der Waals surface area contributed by atoms with Crippen molar-refractivity contribution < 1.29 is 18.0 Å². The molecule has 0 unspecified atom stereocenters. The van der Waals surface area contributed by atoms with Crippen LogP contribution in [0.3, 0.4) is 0 Å². The van der Waals surface area contributed by atoms with Crippen LogP contribution >= 0.6 is 11.6 Å². The number of carbonyl (C=O) groups is 2. The molecule has 3 rings (SSSR count). The Morgan fingerprint density at radius 2 is 1.61 bits per heavy atom. The van der Waals surface area contributed by atoms with Gasteiger partial charge in [0, 0.05) is 23.2 Å². The normalized spacial score (nSPS) is 19.5. The van der Waals surface area contributed by atoms with Gasteiger partial charge in [0.15, 0.2) is 0 Å². The van der Waals surface area contributed by atoms with Gasteiger partial charge in [-0.05, 0) is 81.8 Å². The van der Waals surface area contributed by atoms with Gasteiger partial charge in [-0.1, -0.05) is 29.3 Å². The molecule has 1 fully saturated rings. The predicted octanol–water partition coefficient (Wildman–Crippen LogP) is 3.88. The quantitative estimate of drug-likeness (QED) is 0.521. The predicted molar refractivity (Wildman–Crippen MR) is 130 cm³/mol. The fourth-order valence-corrected chi connectivity index (χ4v) is 5.08. The molecule has 1 aliphatic rings. The molecule has 178 valence electrons. The van der Waals surface area contributed by atoms with Crippen LogP contribution in [0.2, 0.25) is 5.02 Å². The molecule has 0 radical (unpaired) electrons. The van der Waals surface area contributed by atoms with Gasteiger partial charge in [-0.25, -0.2) is 13.1 Å². The van der Waals surface area contributed by atoms with Crippen molar-refractivity contribution in [3.05, 3.63) is 59.1 Å². The number of hydrogen-bond donors (Lipinski definition) is 3. The molecule has 7 nitrogen and oxygen atoms in total. The lowest BCUT2D eigenvalue weighted by Gasteiger charge is -2.28. The van der Waals surface area contributed by atoms with Crippen LogP contribution in [0.4, 0.5) is 5.69 Å². The maximum absolute atomic E-state index is 12.6. The van der Waals surface area contributed by atoms with Gasteiger partial charge in [-0.3, -0.25) is 9.59 Å². The number of hydrogen-bond acceptors (Lipinski definition) is 4. The Kier molecular flexibility index (Phi) is 8.51. The van der Waals surface area contributed by atoms with E-state index in [1.165, 1.54) is 12.1 Å². The number of sulfonamides is 1. The molecule has 0 aromatic heterocycles. The summed E-state index contributed by atoms with van der Waals surface area (Å²) in [6.45, 7) is 3.96. The van der Waals surface area contributed by atoms with Gasteiger partial charge in [-0.15, -0.1) is 0 Å². The molecule has 3 N–H and O–H groups in total. The number of amides is 2. The highest BCUT2D eigenvalue weighted by Crippen LogP contribution is 2.29. The first-order valence-corrected chi connectivity index (χ1v) is 12.9. The van der Waals surface area contributed by atoms with Gasteiger partial charge in [0.05, 0.1) is 4.90 Å². The summed E-state index contributed by atoms with van der Waals surface area (Å²) in [5, 5.41) is 6.09. The molecule has 9 heteroatoms. The molecule has 0 heterocycles. The first-order chi connectivity index (χ1) is 15.6. The van der Waals surface area contributed by atoms with Crippen molar-refractivity contribution in [1.29, 1.82) is 0 Å². The molecule has 0 saturated heterocycles. The lowest BCUT2D eigenvalue weighted by molar-refractivity contribution is -0.129. The molecule has 33 heavy (non-hydrogen) atoms. The van der Waals surface area contributed by atoms with Crippen LogP contribution in [0.15, 0.2) is 53.4 Å². The summed E-state index contributed by atoms with van der Waals surface area (Å²) in [6, 6.07) is 12.9. The number of aryl methyl sites for hydroxylation is 1. The van der Waals surface area contributed by atoms with E-state index in [0.717, 1.165) is 18.4 Å². The lowest BCUT2D eigenvalue weighted by atomic mass is 9.81. The largest absolute Gasteiger partial charge is 0.344 e. The van der Waals surface area contributed by atoms with Crippen LogP contribution in [0.25, 0.3) is 0 Å². The van der Waals surface area contributed by atoms with Crippen LogP contribution in [0.1, 0.15) is 38.2 Å². The molecule has 1 aliphatic carbocycles. The molecular weight excluding hydrogens is 462 g/mol. The molecule has 1 atom stereocenters. The lowest BCUT2D eigenvalue weighted by Crippen LogP contribution is -2.45. The standard InChI is InChI=1S/C24H30ClN3O4S/c1-16-3-11-21(12-4-16)28-23(29)17(2)27-24(30)19-7-5-18(6-8-19)15-26-33(31,32)22-13-9-20(25)10-14-22/h3-4,9-14,17-19,26H,5-8,15H2,1-2H3,(H,27,30)(H,28,29)/t17-,18?,19?/m0/s1. The summed E-state index contributed by atoms with van der Waals surface area (Å²) in [4.78, 5) is 25.2. The third-order valence-corrected chi connectivity index (χ3v) is 7.67. The number of anilines is 1. The van der Waals surface area contributed by atoms with E-state index in [0.29, 0.717) is 30.1 Å². The molecule has 0 bridgehead atoms. The second-order valence-corrected chi connectivity index (χ2v) is 10.8. The Morgan fingerprint density at radius 1 is 1.00 bits per heavy atom. The summed E-state index contributed by atoms with van der Waals surface area (Å²) in [6.07, 6.45) is 2.80. The van der Waals surface area contributed by atoms with Crippen molar-refractivity contribution in [3.8, 4) is 0 Å². The molecule has 0 spiro atoms. The van der Waals surface area contributed by atoms with E-state index in [1.54, 1.807) is 19.1 Å².